The number of aliphatic hydroxyl groups is 1. The molecule has 4 N–H and O–H groups in total. The van der Waals surface area contributed by atoms with E-state index >= 15 is 0 Å². The molecule has 2 atom stereocenters. The van der Waals surface area contributed by atoms with Gasteiger partial charge in [-0.15, -0.1) is 0 Å². The second-order valence-electron chi connectivity index (χ2n) is 5.82. The molecule has 0 aliphatic rings. The van der Waals surface area contributed by atoms with Crippen molar-refractivity contribution in [2.45, 2.75) is 25.2 Å². The summed E-state index contributed by atoms with van der Waals surface area (Å²) in [5, 5.41) is 20.4. The number of alkyl halides is 3. The highest BCUT2D eigenvalue weighted by molar-refractivity contribution is 5.97. The lowest BCUT2D eigenvalue weighted by atomic mass is 10.0. The normalized spacial score (nSPS) is 13.6. The molecule has 2 amide bonds. The van der Waals surface area contributed by atoms with Crippen molar-refractivity contribution in [1.29, 1.82) is 0 Å². The first-order chi connectivity index (χ1) is 12.6. The van der Waals surface area contributed by atoms with Crippen molar-refractivity contribution in [3.63, 3.8) is 0 Å². The second-order valence-corrected chi connectivity index (χ2v) is 5.82. The molecule has 0 saturated heterocycles. The van der Waals surface area contributed by atoms with Crippen LogP contribution in [0.15, 0.2) is 48.5 Å². The van der Waals surface area contributed by atoms with Crippen LogP contribution < -0.4 is 10.8 Å². The Balaban J connectivity index is 2.20. The highest BCUT2D eigenvalue weighted by atomic mass is 19.4. The Bertz CT molecular complexity index is 820. The van der Waals surface area contributed by atoms with E-state index in [1.807, 2.05) is 0 Å². The van der Waals surface area contributed by atoms with Crippen molar-refractivity contribution >= 4 is 11.8 Å². The summed E-state index contributed by atoms with van der Waals surface area (Å²) in [5.74, 6) is -1.68. The summed E-state index contributed by atoms with van der Waals surface area (Å²) in [6, 6.07) is 9.09. The number of amides is 2. The van der Waals surface area contributed by atoms with Crippen LogP contribution >= 0.6 is 0 Å². The fourth-order valence-corrected chi connectivity index (χ4v) is 2.39. The molecule has 0 aliphatic carbocycles. The lowest BCUT2D eigenvalue weighted by molar-refractivity contribution is -0.137. The fraction of sp³-hybridized carbons (Fsp3) is 0.222. The predicted octanol–water partition coefficient (Wildman–Crippen LogP) is 2.36. The quantitative estimate of drug-likeness (QED) is 0.471. The maximum atomic E-state index is 12.8. The number of carbonyl (C=O) groups is 2. The van der Waals surface area contributed by atoms with Gasteiger partial charge in [-0.25, -0.2) is 5.48 Å². The summed E-state index contributed by atoms with van der Waals surface area (Å²) in [6.45, 7) is 1.26. The number of benzene rings is 2. The van der Waals surface area contributed by atoms with E-state index < -0.39 is 35.7 Å². The van der Waals surface area contributed by atoms with Gasteiger partial charge in [-0.05, 0) is 42.3 Å². The Morgan fingerprint density at radius 1 is 1.04 bits per heavy atom. The summed E-state index contributed by atoms with van der Waals surface area (Å²) in [7, 11) is 0. The molecule has 0 spiro atoms. The monoisotopic (exact) mass is 382 g/mol. The fourth-order valence-electron chi connectivity index (χ4n) is 2.39. The molecule has 2 rings (SSSR count). The zero-order valence-electron chi connectivity index (χ0n) is 14.1. The minimum Gasteiger partial charge on any atom is -0.391 e. The van der Waals surface area contributed by atoms with Gasteiger partial charge in [0, 0.05) is 5.56 Å². The zero-order chi connectivity index (χ0) is 20.2. The molecular formula is C18H17F3N2O4. The molecule has 0 unspecified atom stereocenters. The molecule has 0 radical (unpaired) electrons. The van der Waals surface area contributed by atoms with E-state index in [1.165, 1.54) is 48.8 Å². The van der Waals surface area contributed by atoms with Gasteiger partial charge in [0.15, 0.2) is 0 Å². The van der Waals surface area contributed by atoms with E-state index in [1.54, 1.807) is 0 Å². The number of halogens is 3. The van der Waals surface area contributed by atoms with E-state index in [4.69, 9.17) is 5.21 Å². The van der Waals surface area contributed by atoms with Crippen molar-refractivity contribution in [1.82, 2.24) is 10.8 Å². The van der Waals surface area contributed by atoms with Gasteiger partial charge >= 0.3 is 6.18 Å². The maximum Gasteiger partial charge on any atom is 0.416 e. The molecular weight excluding hydrogens is 365 g/mol. The van der Waals surface area contributed by atoms with Crippen LogP contribution in [0.5, 0.6) is 0 Å². The molecule has 2 aromatic rings. The molecule has 27 heavy (non-hydrogen) atoms. The first-order valence-corrected chi connectivity index (χ1v) is 7.84. The highest BCUT2D eigenvalue weighted by Crippen LogP contribution is 2.32. The minimum absolute atomic E-state index is 0.127. The van der Waals surface area contributed by atoms with Gasteiger partial charge in [0.05, 0.1) is 11.7 Å². The highest BCUT2D eigenvalue weighted by Gasteiger charge is 2.30. The van der Waals surface area contributed by atoms with Crippen molar-refractivity contribution < 1.29 is 33.1 Å². The van der Waals surface area contributed by atoms with Crippen molar-refractivity contribution in [3.05, 3.63) is 59.7 Å². The van der Waals surface area contributed by atoms with Crippen LogP contribution in [0.25, 0.3) is 11.1 Å². The summed E-state index contributed by atoms with van der Waals surface area (Å²) < 4.78 is 38.4. The maximum absolute atomic E-state index is 12.8. The van der Waals surface area contributed by atoms with E-state index in [-0.39, 0.29) is 5.56 Å². The number of hydroxylamine groups is 1. The third-order valence-corrected chi connectivity index (χ3v) is 3.83. The Hall–Kier alpha value is -2.91. The molecule has 2 aromatic carbocycles. The number of carbonyl (C=O) groups excluding carboxylic acids is 2. The average molecular weight is 382 g/mol. The minimum atomic E-state index is -4.46. The summed E-state index contributed by atoms with van der Waals surface area (Å²) in [4.78, 5) is 23.6. The number of nitrogens with one attached hydrogen (secondary N) is 2. The summed E-state index contributed by atoms with van der Waals surface area (Å²) in [5.41, 5.74) is 1.49. The van der Waals surface area contributed by atoms with Crippen LogP contribution in [-0.2, 0) is 11.0 Å². The van der Waals surface area contributed by atoms with Crippen LogP contribution in [0.2, 0.25) is 0 Å². The second kappa shape index (κ2) is 8.19. The van der Waals surface area contributed by atoms with Gasteiger partial charge < -0.3 is 10.4 Å². The van der Waals surface area contributed by atoms with E-state index in [0.717, 1.165) is 12.1 Å². The molecule has 0 saturated carbocycles. The van der Waals surface area contributed by atoms with Crippen LogP contribution in [0.4, 0.5) is 13.2 Å². The topological polar surface area (TPSA) is 98.7 Å². The summed E-state index contributed by atoms with van der Waals surface area (Å²) in [6.07, 6.45) is -5.72. The Morgan fingerprint density at radius 3 is 2.19 bits per heavy atom. The third-order valence-electron chi connectivity index (χ3n) is 3.83. The molecule has 0 aliphatic heterocycles. The Morgan fingerprint density at radius 2 is 1.67 bits per heavy atom. The van der Waals surface area contributed by atoms with E-state index in [0.29, 0.717) is 11.1 Å². The third kappa shape index (κ3) is 5.05. The first-order valence-electron chi connectivity index (χ1n) is 7.84. The number of hydrogen-bond donors (Lipinski definition) is 4. The standard InChI is InChI=1S/C18H17F3N2O4/c1-10(24)15(17(26)23-27)22-16(25)12-7-5-11(6-8-12)13-3-2-4-14(9-13)18(19,20)21/h2-10,15,24,27H,1H3,(H,22,25)(H,23,26)/t10-,15+/m0/s1. The molecule has 144 valence electrons. The summed E-state index contributed by atoms with van der Waals surface area (Å²) >= 11 is 0. The smallest absolute Gasteiger partial charge is 0.391 e. The Kier molecular flexibility index (Phi) is 6.19. The van der Waals surface area contributed by atoms with Gasteiger partial charge in [0.1, 0.15) is 6.04 Å². The first kappa shape index (κ1) is 20.4. The molecule has 0 bridgehead atoms. The lowest BCUT2D eigenvalue weighted by Crippen LogP contribution is -2.51. The predicted molar refractivity (Wildman–Crippen MR) is 89.7 cm³/mol. The van der Waals surface area contributed by atoms with Gasteiger partial charge in [-0.2, -0.15) is 13.2 Å². The van der Waals surface area contributed by atoms with Crippen LogP contribution in [0.1, 0.15) is 22.8 Å². The van der Waals surface area contributed by atoms with Gasteiger partial charge in [-0.1, -0.05) is 24.3 Å². The molecule has 0 heterocycles. The number of rotatable bonds is 5. The van der Waals surface area contributed by atoms with Crippen LogP contribution in [-0.4, -0.2) is 34.3 Å². The average Bonchev–Trinajstić information content (AvgIpc) is 2.64. The molecule has 6 nitrogen and oxygen atoms in total. The van der Waals surface area contributed by atoms with E-state index in [9.17, 15) is 27.9 Å². The van der Waals surface area contributed by atoms with Gasteiger partial charge in [0.2, 0.25) is 0 Å². The Labute approximate surface area is 152 Å². The molecule has 9 heteroatoms. The van der Waals surface area contributed by atoms with Gasteiger partial charge in [0.25, 0.3) is 11.8 Å². The zero-order valence-corrected chi connectivity index (χ0v) is 14.1. The van der Waals surface area contributed by atoms with Crippen LogP contribution in [0.3, 0.4) is 0 Å². The SMILES string of the molecule is C[C@H](O)[C@@H](NC(=O)c1ccc(-c2cccc(C(F)(F)F)c2)cc1)C(=O)NO. The largest absolute Gasteiger partial charge is 0.416 e. The van der Waals surface area contributed by atoms with Crippen LogP contribution in [0, 0.1) is 0 Å². The van der Waals surface area contributed by atoms with Gasteiger partial charge in [-0.3, -0.25) is 14.8 Å². The number of hydrogen-bond acceptors (Lipinski definition) is 4. The number of aliphatic hydroxyl groups excluding tert-OH is 1. The van der Waals surface area contributed by atoms with Crippen molar-refractivity contribution in [2.75, 3.05) is 0 Å². The van der Waals surface area contributed by atoms with Crippen molar-refractivity contribution in [3.8, 4) is 11.1 Å². The van der Waals surface area contributed by atoms with Crippen molar-refractivity contribution in [2.24, 2.45) is 0 Å². The van der Waals surface area contributed by atoms with E-state index in [2.05, 4.69) is 5.32 Å². The lowest BCUT2D eigenvalue weighted by Gasteiger charge is -2.19. The molecule has 0 aromatic heterocycles. The molecule has 0 fully saturated rings.